The van der Waals surface area contributed by atoms with Crippen molar-refractivity contribution in [3.05, 3.63) is 89.0 Å². The summed E-state index contributed by atoms with van der Waals surface area (Å²) in [6, 6.07) is 20.3. The van der Waals surface area contributed by atoms with Gasteiger partial charge in [0.15, 0.2) is 0 Å². The largest absolute Gasteiger partial charge is 0.493 e. The lowest BCUT2D eigenvalue weighted by Gasteiger charge is -2.36. The standard InChI is InChI=1S/C31H37NO4/c1-4-5-6-9-20-36-29-11-8-7-10-28(29)31(34,35)32(26-18-19-26)30(33)25-16-14-24(15-17-25)27-21-22(2)12-13-23(27)3/h7-8,10-17,21,26,34-35H,4-6,9,18-20H2,1-3H3. The van der Waals surface area contributed by atoms with Gasteiger partial charge in [0.1, 0.15) is 5.75 Å². The fourth-order valence-corrected chi connectivity index (χ4v) is 4.58. The van der Waals surface area contributed by atoms with E-state index >= 15 is 0 Å². The highest BCUT2D eigenvalue weighted by Gasteiger charge is 2.48. The van der Waals surface area contributed by atoms with Crippen LogP contribution in [-0.2, 0) is 5.91 Å². The van der Waals surface area contributed by atoms with Gasteiger partial charge < -0.3 is 14.9 Å². The molecule has 190 valence electrons. The van der Waals surface area contributed by atoms with Crippen LogP contribution in [0.4, 0.5) is 0 Å². The van der Waals surface area contributed by atoms with Gasteiger partial charge in [0.2, 0.25) is 0 Å². The third kappa shape index (κ3) is 5.80. The molecular formula is C31H37NO4. The molecule has 1 fully saturated rings. The Morgan fingerprint density at radius 1 is 0.972 bits per heavy atom. The predicted octanol–water partition coefficient (Wildman–Crippen LogP) is 6.33. The molecule has 36 heavy (non-hydrogen) atoms. The van der Waals surface area contributed by atoms with Crippen LogP contribution in [0.1, 0.15) is 72.5 Å². The van der Waals surface area contributed by atoms with E-state index in [4.69, 9.17) is 4.74 Å². The van der Waals surface area contributed by atoms with Crippen LogP contribution in [0.25, 0.3) is 11.1 Å². The quantitative estimate of drug-likeness (QED) is 0.245. The summed E-state index contributed by atoms with van der Waals surface area (Å²) >= 11 is 0. The van der Waals surface area contributed by atoms with E-state index in [1.807, 2.05) is 12.1 Å². The molecule has 0 atom stereocenters. The van der Waals surface area contributed by atoms with Gasteiger partial charge in [0.25, 0.3) is 11.8 Å². The molecule has 4 rings (SSSR count). The van der Waals surface area contributed by atoms with Gasteiger partial charge in [-0.05, 0) is 74.1 Å². The minimum absolute atomic E-state index is 0.188. The maximum Gasteiger partial charge on any atom is 0.281 e. The minimum atomic E-state index is -2.48. The van der Waals surface area contributed by atoms with Crippen molar-refractivity contribution in [1.82, 2.24) is 4.90 Å². The number of para-hydroxylation sites is 1. The Bertz CT molecular complexity index is 1180. The summed E-state index contributed by atoms with van der Waals surface area (Å²) in [5.74, 6) is -2.50. The average molecular weight is 488 g/mol. The lowest BCUT2D eigenvalue weighted by Crippen LogP contribution is -2.51. The molecule has 3 aromatic carbocycles. The molecular weight excluding hydrogens is 450 g/mol. The molecule has 5 nitrogen and oxygen atoms in total. The Hall–Kier alpha value is -3.15. The normalized spacial score (nSPS) is 13.5. The summed E-state index contributed by atoms with van der Waals surface area (Å²) in [5, 5.41) is 22.8. The topological polar surface area (TPSA) is 70.0 Å². The molecule has 0 heterocycles. The number of ether oxygens (including phenoxy) is 1. The summed E-state index contributed by atoms with van der Waals surface area (Å²) < 4.78 is 5.93. The van der Waals surface area contributed by atoms with Gasteiger partial charge in [-0.3, -0.25) is 9.69 Å². The molecule has 5 heteroatoms. The summed E-state index contributed by atoms with van der Waals surface area (Å²) in [6.07, 6.45) is 5.69. The van der Waals surface area contributed by atoms with E-state index in [2.05, 4.69) is 39.0 Å². The van der Waals surface area contributed by atoms with Gasteiger partial charge in [-0.15, -0.1) is 0 Å². The van der Waals surface area contributed by atoms with Gasteiger partial charge in [0, 0.05) is 11.6 Å². The molecule has 0 aliphatic heterocycles. The minimum Gasteiger partial charge on any atom is -0.493 e. The van der Waals surface area contributed by atoms with Gasteiger partial charge >= 0.3 is 0 Å². The second kappa shape index (κ2) is 11.3. The molecule has 1 amide bonds. The molecule has 1 aliphatic rings. The van der Waals surface area contributed by atoms with Crippen LogP contribution in [0.15, 0.2) is 66.7 Å². The zero-order chi connectivity index (χ0) is 25.7. The number of aryl methyl sites for hydroxylation is 2. The maximum absolute atomic E-state index is 13.6. The van der Waals surface area contributed by atoms with Gasteiger partial charge in [-0.1, -0.05) is 74.2 Å². The number of hydrogen-bond donors (Lipinski definition) is 2. The summed E-state index contributed by atoms with van der Waals surface area (Å²) in [6.45, 7) is 6.77. The number of benzene rings is 3. The van der Waals surface area contributed by atoms with E-state index in [0.29, 0.717) is 17.9 Å². The van der Waals surface area contributed by atoms with Crippen LogP contribution in [0.3, 0.4) is 0 Å². The Balaban J connectivity index is 1.57. The molecule has 0 radical (unpaired) electrons. The van der Waals surface area contributed by atoms with Crippen LogP contribution in [0.2, 0.25) is 0 Å². The van der Waals surface area contributed by atoms with Gasteiger partial charge in [0.05, 0.1) is 12.2 Å². The predicted molar refractivity (Wildman–Crippen MR) is 143 cm³/mol. The highest BCUT2D eigenvalue weighted by Crippen LogP contribution is 2.40. The van der Waals surface area contributed by atoms with E-state index in [-0.39, 0.29) is 11.6 Å². The molecule has 0 spiro atoms. The highest BCUT2D eigenvalue weighted by atomic mass is 16.5. The van der Waals surface area contributed by atoms with Crippen molar-refractivity contribution >= 4 is 5.91 Å². The number of amides is 1. The van der Waals surface area contributed by atoms with Crippen molar-refractivity contribution in [2.24, 2.45) is 0 Å². The van der Waals surface area contributed by atoms with E-state index < -0.39 is 11.8 Å². The molecule has 0 saturated heterocycles. The first-order valence-electron chi connectivity index (χ1n) is 13.0. The Morgan fingerprint density at radius 3 is 2.39 bits per heavy atom. The molecule has 0 unspecified atom stereocenters. The summed E-state index contributed by atoms with van der Waals surface area (Å²) in [7, 11) is 0. The monoisotopic (exact) mass is 487 g/mol. The van der Waals surface area contributed by atoms with E-state index in [1.54, 1.807) is 36.4 Å². The number of nitrogens with zero attached hydrogens (tertiary/aromatic N) is 1. The molecule has 0 aromatic heterocycles. The molecule has 0 bridgehead atoms. The number of hydrogen-bond acceptors (Lipinski definition) is 4. The SMILES string of the molecule is CCCCCCOc1ccccc1C(O)(O)N(C(=O)c1ccc(-c2cc(C)ccc2C)cc1)C1CC1. The van der Waals surface area contributed by atoms with Crippen molar-refractivity contribution in [2.75, 3.05) is 6.61 Å². The van der Waals surface area contributed by atoms with Crippen LogP contribution >= 0.6 is 0 Å². The average Bonchev–Trinajstić information content (AvgIpc) is 3.70. The maximum atomic E-state index is 13.6. The number of unbranched alkanes of at least 4 members (excludes halogenated alkanes) is 3. The first-order chi connectivity index (χ1) is 17.3. The van der Waals surface area contributed by atoms with E-state index in [0.717, 1.165) is 55.2 Å². The zero-order valence-electron chi connectivity index (χ0n) is 21.5. The van der Waals surface area contributed by atoms with Crippen molar-refractivity contribution in [3.8, 4) is 16.9 Å². The van der Waals surface area contributed by atoms with Gasteiger partial charge in [-0.25, -0.2) is 0 Å². The third-order valence-electron chi connectivity index (χ3n) is 6.81. The lowest BCUT2D eigenvalue weighted by atomic mass is 9.97. The van der Waals surface area contributed by atoms with Crippen molar-refractivity contribution in [1.29, 1.82) is 0 Å². The first-order valence-corrected chi connectivity index (χ1v) is 13.0. The third-order valence-corrected chi connectivity index (χ3v) is 6.81. The fraction of sp³-hybridized carbons (Fsp3) is 0.387. The van der Waals surface area contributed by atoms with Crippen LogP contribution in [0.5, 0.6) is 5.75 Å². The fourth-order valence-electron chi connectivity index (χ4n) is 4.58. The smallest absolute Gasteiger partial charge is 0.281 e. The summed E-state index contributed by atoms with van der Waals surface area (Å²) in [5.41, 5.74) is 5.08. The van der Waals surface area contributed by atoms with Crippen LogP contribution in [-0.4, -0.2) is 33.7 Å². The van der Waals surface area contributed by atoms with Gasteiger partial charge in [-0.2, -0.15) is 0 Å². The number of rotatable bonds is 11. The first kappa shape index (κ1) is 25.9. The Labute approximate surface area is 214 Å². The number of carbonyl (C=O) groups is 1. The van der Waals surface area contributed by atoms with Crippen molar-refractivity contribution < 1.29 is 19.7 Å². The Morgan fingerprint density at radius 2 is 1.69 bits per heavy atom. The van der Waals surface area contributed by atoms with Crippen LogP contribution < -0.4 is 4.74 Å². The van der Waals surface area contributed by atoms with Crippen molar-refractivity contribution in [2.45, 2.75) is 71.2 Å². The number of aliphatic hydroxyl groups is 2. The summed E-state index contributed by atoms with van der Waals surface area (Å²) in [4.78, 5) is 14.8. The Kier molecular flexibility index (Phi) is 8.12. The molecule has 1 saturated carbocycles. The molecule has 3 aromatic rings. The highest BCUT2D eigenvalue weighted by molar-refractivity contribution is 5.95. The van der Waals surface area contributed by atoms with Crippen LogP contribution in [0, 0.1) is 13.8 Å². The van der Waals surface area contributed by atoms with Crippen molar-refractivity contribution in [3.63, 3.8) is 0 Å². The zero-order valence-corrected chi connectivity index (χ0v) is 21.5. The molecule has 1 aliphatic carbocycles. The second-order valence-electron chi connectivity index (χ2n) is 9.84. The van der Waals surface area contributed by atoms with E-state index in [9.17, 15) is 15.0 Å². The number of carbonyl (C=O) groups excluding carboxylic acids is 1. The molecule has 2 N–H and O–H groups in total. The lowest BCUT2D eigenvalue weighted by molar-refractivity contribution is -0.259. The van der Waals surface area contributed by atoms with E-state index in [1.165, 1.54) is 10.5 Å². The second-order valence-corrected chi connectivity index (χ2v) is 9.84.